The summed E-state index contributed by atoms with van der Waals surface area (Å²) < 4.78 is 5.23. The van der Waals surface area contributed by atoms with Gasteiger partial charge in [0.1, 0.15) is 24.2 Å². The van der Waals surface area contributed by atoms with Crippen LogP contribution < -0.4 is 16.4 Å². The molecule has 202 valence electrons. The Morgan fingerprint density at radius 2 is 1.62 bits per heavy atom. The average Bonchev–Trinajstić information content (AvgIpc) is 2.87. The molecule has 0 saturated heterocycles. The van der Waals surface area contributed by atoms with E-state index in [9.17, 15) is 24.4 Å². The number of carbonyl (C=O) groups excluding carboxylic acids is 4. The minimum absolute atomic E-state index is 0.425. The predicted molar refractivity (Wildman–Crippen MR) is 146 cm³/mol. The van der Waals surface area contributed by atoms with E-state index in [-0.39, 0.29) is 0 Å². The van der Waals surface area contributed by atoms with Crippen molar-refractivity contribution in [2.75, 3.05) is 11.9 Å². The highest BCUT2D eigenvalue weighted by atomic mass is 16.6. The molecule has 10 heteroatoms. The molecule has 0 spiro atoms. The van der Waals surface area contributed by atoms with Gasteiger partial charge in [-0.3, -0.25) is 14.4 Å². The minimum atomic E-state index is -1.47. The third kappa shape index (κ3) is 8.04. The van der Waals surface area contributed by atoms with Gasteiger partial charge in [-0.25, -0.2) is 4.79 Å². The highest BCUT2D eigenvalue weighted by Gasteiger charge is 2.37. The van der Waals surface area contributed by atoms with Gasteiger partial charge in [0, 0.05) is 5.69 Å². The van der Waals surface area contributed by atoms with Gasteiger partial charge in [0.25, 0.3) is 5.91 Å². The van der Waals surface area contributed by atoms with E-state index >= 15 is 0 Å². The number of nitriles is 1. The Labute approximate surface area is 226 Å². The maximum Gasteiger partial charge on any atom is 0.408 e. The SMILES string of the molecule is CC(C)(C)OC(=O)NC(CC(N)=O)C(=O)N(CC#N)C(C(=O)Nc1ccc2ccccc2c1)c1ccccc1. The van der Waals surface area contributed by atoms with Crippen molar-refractivity contribution in [3.8, 4) is 6.07 Å². The first-order chi connectivity index (χ1) is 18.5. The molecule has 0 radical (unpaired) electrons. The van der Waals surface area contributed by atoms with Gasteiger partial charge >= 0.3 is 6.09 Å². The van der Waals surface area contributed by atoms with Gasteiger partial charge in [-0.1, -0.05) is 60.7 Å². The van der Waals surface area contributed by atoms with E-state index in [2.05, 4.69) is 10.6 Å². The molecule has 0 fully saturated rings. The Hall–Kier alpha value is -4.91. The Kier molecular flexibility index (Phi) is 9.23. The second kappa shape index (κ2) is 12.6. The zero-order chi connectivity index (χ0) is 28.6. The first kappa shape index (κ1) is 28.7. The normalized spacial score (nSPS) is 12.5. The van der Waals surface area contributed by atoms with Gasteiger partial charge in [0.05, 0.1) is 12.5 Å². The summed E-state index contributed by atoms with van der Waals surface area (Å²) in [5.74, 6) is -2.29. The molecule has 0 bridgehead atoms. The number of benzene rings is 3. The zero-order valence-electron chi connectivity index (χ0n) is 22.0. The van der Waals surface area contributed by atoms with Gasteiger partial charge in [-0.15, -0.1) is 0 Å². The summed E-state index contributed by atoms with van der Waals surface area (Å²) in [5.41, 5.74) is 5.40. The molecule has 39 heavy (non-hydrogen) atoms. The van der Waals surface area contributed by atoms with Crippen LogP contribution in [0, 0.1) is 11.3 Å². The fraction of sp³-hybridized carbons (Fsp3) is 0.276. The highest BCUT2D eigenvalue weighted by Crippen LogP contribution is 2.26. The number of ether oxygens (including phenoxy) is 1. The van der Waals surface area contributed by atoms with E-state index in [1.165, 1.54) is 0 Å². The van der Waals surface area contributed by atoms with Gasteiger partial charge in [-0.2, -0.15) is 5.26 Å². The second-order valence-corrected chi connectivity index (χ2v) is 9.86. The Balaban J connectivity index is 1.98. The van der Waals surface area contributed by atoms with Crippen molar-refractivity contribution < 1.29 is 23.9 Å². The fourth-order valence-electron chi connectivity index (χ4n) is 4.01. The van der Waals surface area contributed by atoms with Crippen LogP contribution in [-0.2, 0) is 19.1 Å². The summed E-state index contributed by atoms with van der Waals surface area (Å²) in [5, 5.41) is 16.7. The molecule has 3 aromatic rings. The van der Waals surface area contributed by atoms with E-state index < -0.39 is 54.5 Å². The number of nitrogens with two attached hydrogens (primary N) is 1. The van der Waals surface area contributed by atoms with Crippen LogP contribution in [0.5, 0.6) is 0 Å². The van der Waals surface area contributed by atoms with Crippen molar-refractivity contribution >= 4 is 40.3 Å². The second-order valence-electron chi connectivity index (χ2n) is 9.86. The molecule has 0 aliphatic rings. The molecule has 4 N–H and O–H groups in total. The molecule has 4 amide bonds. The first-order valence-corrected chi connectivity index (χ1v) is 12.3. The quantitative estimate of drug-likeness (QED) is 0.360. The number of nitrogens with zero attached hydrogens (tertiary/aromatic N) is 2. The lowest BCUT2D eigenvalue weighted by Crippen LogP contribution is -2.53. The summed E-state index contributed by atoms with van der Waals surface area (Å²) in [6.45, 7) is 4.42. The third-order valence-corrected chi connectivity index (χ3v) is 5.61. The number of fused-ring (bicyclic) bond motifs is 1. The maximum atomic E-state index is 13.7. The molecule has 0 aliphatic heterocycles. The number of rotatable bonds is 9. The largest absolute Gasteiger partial charge is 0.444 e. The van der Waals surface area contributed by atoms with Gasteiger partial charge in [-0.05, 0) is 49.2 Å². The van der Waals surface area contributed by atoms with Crippen LogP contribution in [-0.4, -0.2) is 46.9 Å². The maximum absolute atomic E-state index is 13.7. The fourth-order valence-corrected chi connectivity index (χ4v) is 4.01. The third-order valence-electron chi connectivity index (χ3n) is 5.61. The summed E-state index contributed by atoms with van der Waals surface area (Å²) in [4.78, 5) is 52.7. The van der Waals surface area contributed by atoms with Crippen molar-refractivity contribution in [3.63, 3.8) is 0 Å². The van der Waals surface area contributed by atoms with E-state index in [0.29, 0.717) is 11.3 Å². The summed E-state index contributed by atoms with van der Waals surface area (Å²) >= 11 is 0. The number of primary amides is 1. The van der Waals surface area contributed by atoms with Crippen molar-refractivity contribution in [2.24, 2.45) is 5.73 Å². The molecule has 2 unspecified atom stereocenters. The molecule has 0 aliphatic carbocycles. The Bertz CT molecular complexity index is 1390. The predicted octanol–water partition coefficient (Wildman–Crippen LogP) is 3.64. The zero-order valence-corrected chi connectivity index (χ0v) is 22.0. The molecular formula is C29H31N5O5. The summed E-state index contributed by atoms with van der Waals surface area (Å²) in [7, 11) is 0. The van der Waals surface area contributed by atoms with Gasteiger partial charge in [0.15, 0.2) is 0 Å². The van der Waals surface area contributed by atoms with Crippen LogP contribution in [0.4, 0.5) is 10.5 Å². The van der Waals surface area contributed by atoms with Crippen molar-refractivity contribution in [2.45, 2.75) is 44.9 Å². The summed E-state index contributed by atoms with van der Waals surface area (Å²) in [6.07, 6.45) is -1.51. The van der Waals surface area contributed by atoms with Gasteiger partial charge in [0.2, 0.25) is 11.8 Å². The molecule has 0 aromatic heterocycles. The number of carbonyl (C=O) groups is 4. The lowest BCUT2D eigenvalue weighted by molar-refractivity contribution is -0.141. The standard InChI is InChI=1S/C29H31N5O5/c1-29(2,3)39-28(38)33-23(18-24(31)35)27(37)34(16-15-30)25(20-10-5-4-6-11-20)26(36)32-22-14-13-19-9-7-8-12-21(19)17-22/h4-14,17,23,25H,16,18H2,1-3H3,(H2,31,35)(H,32,36)(H,33,38). The van der Waals surface area contributed by atoms with Crippen molar-refractivity contribution in [1.82, 2.24) is 10.2 Å². The van der Waals surface area contributed by atoms with Crippen molar-refractivity contribution in [3.05, 3.63) is 78.4 Å². The monoisotopic (exact) mass is 529 g/mol. The van der Waals surface area contributed by atoms with Crippen LogP contribution in [0.25, 0.3) is 10.8 Å². The molecule has 10 nitrogen and oxygen atoms in total. The smallest absolute Gasteiger partial charge is 0.408 e. The number of anilines is 1. The number of alkyl carbamates (subject to hydrolysis) is 1. The molecular weight excluding hydrogens is 498 g/mol. The van der Waals surface area contributed by atoms with Crippen molar-refractivity contribution in [1.29, 1.82) is 5.26 Å². The van der Waals surface area contributed by atoms with Gasteiger partial charge < -0.3 is 26.0 Å². The lowest BCUT2D eigenvalue weighted by atomic mass is 10.0. The van der Waals surface area contributed by atoms with E-state index in [1.807, 2.05) is 36.4 Å². The van der Waals surface area contributed by atoms with Crippen LogP contribution in [0.15, 0.2) is 72.8 Å². The van der Waals surface area contributed by atoms with E-state index in [0.717, 1.165) is 15.7 Å². The lowest BCUT2D eigenvalue weighted by Gasteiger charge is -2.32. The van der Waals surface area contributed by atoms with Crippen LogP contribution in [0.2, 0.25) is 0 Å². The minimum Gasteiger partial charge on any atom is -0.444 e. The van der Waals surface area contributed by atoms with Crippen LogP contribution in [0.3, 0.4) is 0 Å². The number of hydrogen-bond donors (Lipinski definition) is 3. The highest BCUT2D eigenvalue weighted by molar-refractivity contribution is 6.01. The first-order valence-electron chi connectivity index (χ1n) is 12.3. The number of hydrogen-bond acceptors (Lipinski definition) is 6. The molecule has 0 heterocycles. The van der Waals surface area contributed by atoms with Crippen LogP contribution in [0.1, 0.15) is 38.8 Å². The molecule has 0 saturated carbocycles. The summed E-state index contributed by atoms with van der Waals surface area (Å²) in [6, 6.07) is 20.6. The average molecular weight is 530 g/mol. The number of nitrogens with one attached hydrogen (secondary N) is 2. The molecule has 3 rings (SSSR count). The molecule has 3 aromatic carbocycles. The molecule has 2 atom stereocenters. The number of amides is 4. The van der Waals surface area contributed by atoms with E-state index in [1.54, 1.807) is 63.2 Å². The topological polar surface area (TPSA) is 155 Å². The van der Waals surface area contributed by atoms with Crippen LogP contribution >= 0.6 is 0 Å². The Morgan fingerprint density at radius 3 is 2.23 bits per heavy atom. The van der Waals surface area contributed by atoms with E-state index in [4.69, 9.17) is 10.5 Å². The Morgan fingerprint density at radius 1 is 0.974 bits per heavy atom.